The number of ether oxygens (including phenoxy) is 1. The van der Waals surface area contributed by atoms with Crippen molar-refractivity contribution in [3.63, 3.8) is 0 Å². The molecule has 1 amide bonds. The van der Waals surface area contributed by atoms with E-state index < -0.39 is 5.82 Å². The van der Waals surface area contributed by atoms with E-state index in [9.17, 15) is 13.6 Å². The highest BCUT2D eigenvalue weighted by Crippen LogP contribution is 2.28. The van der Waals surface area contributed by atoms with Gasteiger partial charge in [0.25, 0.3) is 5.91 Å². The van der Waals surface area contributed by atoms with Crippen molar-refractivity contribution in [3.8, 4) is 16.3 Å². The van der Waals surface area contributed by atoms with Crippen molar-refractivity contribution < 1.29 is 18.3 Å². The molecule has 3 rings (SSSR count). The molecule has 1 N–H and O–H groups in total. The lowest BCUT2D eigenvalue weighted by Gasteiger charge is -2.07. The smallest absolute Gasteiger partial charge is 0.257 e. The minimum absolute atomic E-state index is 0.0469. The highest BCUT2D eigenvalue weighted by atomic mass is 32.1. The first-order chi connectivity index (χ1) is 13.0. The number of carbonyl (C=O) groups excluding carboxylic acids is 1. The number of hydrogen-bond acceptors (Lipinski definition) is 4. The average Bonchev–Trinajstić information content (AvgIpc) is 3.02. The van der Waals surface area contributed by atoms with Crippen LogP contribution in [0.15, 0.2) is 48.5 Å². The van der Waals surface area contributed by atoms with E-state index in [1.54, 1.807) is 18.2 Å². The van der Waals surface area contributed by atoms with Crippen LogP contribution in [-0.4, -0.2) is 24.0 Å². The third kappa shape index (κ3) is 5.10. The minimum Gasteiger partial charge on any atom is -0.481 e. The van der Waals surface area contributed by atoms with E-state index in [2.05, 4.69) is 10.3 Å². The number of nitrogens with zero attached hydrogens (tertiary/aromatic N) is 1. The van der Waals surface area contributed by atoms with Crippen LogP contribution in [0.5, 0.6) is 5.75 Å². The Kier molecular flexibility index (Phi) is 6.13. The van der Waals surface area contributed by atoms with Gasteiger partial charge in [-0.3, -0.25) is 4.79 Å². The molecule has 1 heterocycles. The second-order valence-corrected chi connectivity index (χ2v) is 6.94. The maximum Gasteiger partial charge on any atom is 0.257 e. The molecular weight excluding hydrogens is 370 g/mol. The summed E-state index contributed by atoms with van der Waals surface area (Å²) in [7, 11) is 0. The second-order valence-electron chi connectivity index (χ2n) is 5.86. The summed E-state index contributed by atoms with van der Waals surface area (Å²) in [5, 5.41) is 3.49. The van der Waals surface area contributed by atoms with Gasteiger partial charge in [-0.1, -0.05) is 24.3 Å². The van der Waals surface area contributed by atoms with E-state index in [1.165, 1.54) is 35.6 Å². The fourth-order valence-electron chi connectivity index (χ4n) is 2.48. The van der Waals surface area contributed by atoms with Crippen LogP contribution in [-0.2, 0) is 11.2 Å². The van der Waals surface area contributed by atoms with Crippen LogP contribution in [0.1, 0.15) is 10.6 Å². The summed E-state index contributed by atoms with van der Waals surface area (Å²) in [5.41, 5.74) is 1.59. The Morgan fingerprint density at radius 1 is 1.19 bits per heavy atom. The fourth-order valence-corrected chi connectivity index (χ4v) is 3.53. The molecule has 7 heteroatoms. The number of aromatic nitrogens is 1. The lowest BCUT2D eigenvalue weighted by Crippen LogP contribution is -2.30. The van der Waals surface area contributed by atoms with E-state index in [-0.39, 0.29) is 24.1 Å². The summed E-state index contributed by atoms with van der Waals surface area (Å²) in [5.74, 6) is -1.09. The fraction of sp³-hybridized carbons (Fsp3) is 0.200. The van der Waals surface area contributed by atoms with Gasteiger partial charge >= 0.3 is 0 Å². The molecule has 0 fully saturated rings. The van der Waals surface area contributed by atoms with E-state index in [0.717, 1.165) is 21.1 Å². The summed E-state index contributed by atoms with van der Waals surface area (Å²) in [6, 6.07) is 12.2. The van der Waals surface area contributed by atoms with Gasteiger partial charge in [-0.2, -0.15) is 0 Å². The molecule has 0 atom stereocenters. The number of hydrogen-bond donors (Lipinski definition) is 1. The number of benzene rings is 2. The molecule has 0 aliphatic carbocycles. The highest BCUT2D eigenvalue weighted by Gasteiger charge is 2.11. The Morgan fingerprint density at radius 3 is 2.78 bits per heavy atom. The second kappa shape index (κ2) is 8.73. The first-order valence-corrected chi connectivity index (χ1v) is 9.21. The monoisotopic (exact) mass is 388 g/mol. The predicted molar refractivity (Wildman–Crippen MR) is 101 cm³/mol. The molecule has 27 heavy (non-hydrogen) atoms. The maximum atomic E-state index is 13.4. The lowest BCUT2D eigenvalue weighted by atomic mass is 10.2. The van der Waals surface area contributed by atoms with E-state index >= 15 is 0 Å². The zero-order valence-corrected chi connectivity index (χ0v) is 15.5. The molecule has 0 radical (unpaired) electrons. The number of rotatable bonds is 7. The molecule has 0 unspecified atom stereocenters. The molecule has 140 valence electrons. The van der Waals surface area contributed by atoms with Gasteiger partial charge in [0.05, 0.1) is 5.69 Å². The summed E-state index contributed by atoms with van der Waals surface area (Å²) in [6.07, 6.45) is 0.601. The summed E-state index contributed by atoms with van der Waals surface area (Å²) in [6.45, 7) is 2.04. The summed E-state index contributed by atoms with van der Waals surface area (Å²) >= 11 is 1.48. The number of amides is 1. The maximum absolute atomic E-state index is 13.4. The van der Waals surface area contributed by atoms with Crippen molar-refractivity contribution in [3.05, 3.63) is 70.7 Å². The molecule has 1 aromatic heterocycles. The molecule has 0 aliphatic rings. The van der Waals surface area contributed by atoms with Crippen molar-refractivity contribution in [1.29, 1.82) is 0 Å². The average molecular weight is 388 g/mol. The van der Waals surface area contributed by atoms with Gasteiger partial charge in [0.2, 0.25) is 0 Å². The molecule has 4 nitrogen and oxygen atoms in total. The number of carbonyl (C=O) groups is 1. The Bertz CT molecular complexity index is 943. The largest absolute Gasteiger partial charge is 0.481 e. The predicted octanol–water partition coefficient (Wildman–Crippen LogP) is 4.13. The van der Waals surface area contributed by atoms with Gasteiger partial charge in [-0.25, -0.2) is 13.8 Å². The van der Waals surface area contributed by atoms with Crippen molar-refractivity contribution in [1.82, 2.24) is 10.3 Å². The van der Waals surface area contributed by atoms with Gasteiger partial charge in [-0.15, -0.1) is 11.3 Å². The van der Waals surface area contributed by atoms with E-state index in [1.807, 2.05) is 13.0 Å². The minimum atomic E-state index is -0.504. The van der Waals surface area contributed by atoms with Gasteiger partial charge in [0.15, 0.2) is 18.2 Å². The van der Waals surface area contributed by atoms with Crippen molar-refractivity contribution in [2.24, 2.45) is 0 Å². The van der Waals surface area contributed by atoms with Crippen molar-refractivity contribution in [2.45, 2.75) is 13.3 Å². The van der Waals surface area contributed by atoms with Gasteiger partial charge in [-0.05, 0) is 31.2 Å². The van der Waals surface area contributed by atoms with Crippen LogP contribution >= 0.6 is 11.3 Å². The number of thiazole rings is 1. The third-order valence-corrected chi connectivity index (χ3v) is 5.10. The van der Waals surface area contributed by atoms with Crippen LogP contribution < -0.4 is 10.1 Å². The van der Waals surface area contributed by atoms with Gasteiger partial charge in [0, 0.05) is 23.4 Å². The van der Waals surface area contributed by atoms with Crippen molar-refractivity contribution in [2.75, 3.05) is 13.2 Å². The number of aryl methyl sites for hydroxylation is 1. The molecule has 2 aromatic carbocycles. The molecule has 0 bridgehead atoms. The standard InChI is InChI=1S/C20H18F2N2O2S/c1-13-18(27-20(24-13)14-5-4-6-15(21)11-14)9-10-23-19(25)12-26-17-8-3-2-7-16(17)22/h2-8,11H,9-10,12H2,1H3,(H,23,25). The van der Waals surface area contributed by atoms with Crippen LogP contribution in [0.2, 0.25) is 0 Å². The normalized spacial score (nSPS) is 10.6. The molecule has 0 saturated carbocycles. The zero-order chi connectivity index (χ0) is 19.2. The quantitative estimate of drug-likeness (QED) is 0.662. The van der Waals surface area contributed by atoms with Crippen LogP contribution in [0.4, 0.5) is 8.78 Å². The Morgan fingerprint density at radius 2 is 2.00 bits per heavy atom. The SMILES string of the molecule is Cc1nc(-c2cccc(F)c2)sc1CCNC(=O)COc1ccccc1F. The Labute approximate surface area is 159 Å². The Hall–Kier alpha value is -2.80. The third-order valence-electron chi connectivity index (χ3n) is 3.83. The summed E-state index contributed by atoms with van der Waals surface area (Å²) < 4.78 is 32.0. The van der Waals surface area contributed by atoms with E-state index in [0.29, 0.717) is 13.0 Å². The highest BCUT2D eigenvalue weighted by molar-refractivity contribution is 7.15. The summed E-state index contributed by atoms with van der Waals surface area (Å²) in [4.78, 5) is 17.4. The first kappa shape index (κ1) is 19.0. The molecule has 0 saturated heterocycles. The Balaban J connectivity index is 1.50. The van der Waals surface area contributed by atoms with Crippen LogP contribution in [0.25, 0.3) is 10.6 Å². The molecule has 0 spiro atoms. The topological polar surface area (TPSA) is 51.2 Å². The molecular formula is C20H18F2N2O2S. The molecule has 0 aliphatic heterocycles. The molecule has 3 aromatic rings. The van der Waals surface area contributed by atoms with Crippen molar-refractivity contribution >= 4 is 17.2 Å². The van der Waals surface area contributed by atoms with Gasteiger partial charge < -0.3 is 10.1 Å². The number of nitrogens with one attached hydrogen (secondary N) is 1. The lowest BCUT2D eigenvalue weighted by molar-refractivity contribution is -0.123. The van der Waals surface area contributed by atoms with Crippen LogP contribution in [0.3, 0.4) is 0 Å². The first-order valence-electron chi connectivity index (χ1n) is 8.39. The number of halogens is 2. The van der Waals surface area contributed by atoms with Crippen LogP contribution in [0, 0.1) is 18.6 Å². The van der Waals surface area contributed by atoms with Gasteiger partial charge in [0.1, 0.15) is 10.8 Å². The number of para-hydroxylation sites is 1. The van der Waals surface area contributed by atoms with E-state index in [4.69, 9.17) is 4.74 Å². The zero-order valence-electron chi connectivity index (χ0n) is 14.7.